The van der Waals surface area contributed by atoms with Crippen LogP contribution in [0, 0.1) is 0 Å². The molecule has 0 saturated carbocycles. The van der Waals surface area contributed by atoms with Crippen LogP contribution < -0.4 is 19.7 Å². The van der Waals surface area contributed by atoms with Crippen LogP contribution >= 0.6 is 11.8 Å². The zero-order valence-electron chi connectivity index (χ0n) is 23.7. The lowest BCUT2D eigenvalue weighted by atomic mass is 9.99. The SMILES string of the molecule is COc1ccc2c(c1OC)CN1CCSCC1CN2C(=O)c1ccc(NC(=O)c2ccccc2-c2ccccc2)cc1. The summed E-state index contributed by atoms with van der Waals surface area (Å²) in [6.45, 7) is 2.24. The smallest absolute Gasteiger partial charge is 0.258 e. The number of thioether (sulfide) groups is 1. The molecule has 4 aromatic rings. The van der Waals surface area contributed by atoms with Crippen molar-refractivity contribution in [3.8, 4) is 22.6 Å². The third-order valence-electron chi connectivity index (χ3n) is 7.91. The van der Waals surface area contributed by atoms with Crippen LogP contribution in [0.15, 0.2) is 91.0 Å². The fourth-order valence-electron chi connectivity index (χ4n) is 5.76. The van der Waals surface area contributed by atoms with Crippen LogP contribution in [-0.2, 0) is 6.54 Å². The van der Waals surface area contributed by atoms with Gasteiger partial charge in [-0.1, -0.05) is 48.5 Å². The van der Waals surface area contributed by atoms with Gasteiger partial charge in [0.1, 0.15) is 0 Å². The van der Waals surface area contributed by atoms with Gasteiger partial charge in [-0.2, -0.15) is 11.8 Å². The number of rotatable bonds is 6. The van der Waals surface area contributed by atoms with Crippen molar-refractivity contribution in [1.82, 2.24) is 4.90 Å². The zero-order chi connectivity index (χ0) is 29.1. The van der Waals surface area contributed by atoms with E-state index in [0.717, 1.165) is 40.4 Å². The zero-order valence-corrected chi connectivity index (χ0v) is 24.5. The van der Waals surface area contributed by atoms with Crippen molar-refractivity contribution in [2.75, 3.05) is 49.0 Å². The molecule has 8 heteroatoms. The molecule has 0 aliphatic carbocycles. The highest BCUT2D eigenvalue weighted by Crippen LogP contribution is 2.42. The molecule has 2 amide bonds. The highest BCUT2D eigenvalue weighted by molar-refractivity contribution is 7.99. The molecule has 0 aromatic heterocycles. The highest BCUT2D eigenvalue weighted by atomic mass is 32.2. The molecule has 1 saturated heterocycles. The predicted octanol–water partition coefficient (Wildman–Crippen LogP) is 6.20. The van der Waals surface area contributed by atoms with Crippen molar-refractivity contribution in [3.05, 3.63) is 108 Å². The first-order chi connectivity index (χ1) is 20.6. The highest BCUT2D eigenvalue weighted by Gasteiger charge is 2.35. The van der Waals surface area contributed by atoms with Crippen molar-refractivity contribution >= 4 is 35.0 Å². The largest absolute Gasteiger partial charge is 0.493 e. The minimum atomic E-state index is -0.203. The van der Waals surface area contributed by atoms with Gasteiger partial charge in [0.15, 0.2) is 11.5 Å². The normalized spacial score (nSPS) is 16.5. The van der Waals surface area contributed by atoms with E-state index in [2.05, 4.69) is 10.2 Å². The molecule has 0 bridgehead atoms. The molecular weight excluding hydrogens is 546 g/mol. The third-order valence-corrected chi connectivity index (χ3v) is 9.00. The van der Waals surface area contributed by atoms with E-state index in [1.807, 2.05) is 83.4 Å². The first kappa shape index (κ1) is 27.9. The topological polar surface area (TPSA) is 71.1 Å². The van der Waals surface area contributed by atoms with Gasteiger partial charge in [-0.25, -0.2) is 0 Å². The van der Waals surface area contributed by atoms with Gasteiger partial charge in [-0.05, 0) is 53.6 Å². The van der Waals surface area contributed by atoms with Crippen molar-refractivity contribution in [2.24, 2.45) is 0 Å². The van der Waals surface area contributed by atoms with E-state index in [4.69, 9.17) is 9.47 Å². The Hall–Kier alpha value is -4.27. The number of anilines is 2. The summed E-state index contributed by atoms with van der Waals surface area (Å²) in [6.07, 6.45) is 0. The van der Waals surface area contributed by atoms with Crippen LogP contribution in [0.1, 0.15) is 26.3 Å². The summed E-state index contributed by atoms with van der Waals surface area (Å²) in [5.74, 6) is 3.06. The summed E-state index contributed by atoms with van der Waals surface area (Å²) in [7, 11) is 3.27. The Labute approximate surface area is 250 Å². The van der Waals surface area contributed by atoms with Crippen LogP contribution in [0.3, 0.4) is 0 Å². The van der Waals surface area contributed by atoms with Crippen LogP contribution in [-0.4, -0.2) is 61.6 Å². The van der Waals surface area contributed by atoms with Crippen molar-refractivity contribution < 1.29 is 19.1 Å². The maximum Gasteiger partial charge on any atom is 0.258 e. The molecule has 2 aliphatic rings. The Morgan fingerprint density at radius 3 is 2.40 bits per heavy atom. The summed E-state index contributed by atoms with van der Waals surface area (Å²) in [4.78, 5) is 31.6. The van der Waals surface area contributed by atoms with Crippen LogP contribution in [0.2, 0.25) is 0 Å². The van der Waals surface area contributed by atoms with E-state index in [9.17, 15) is 9.59 Å². The molecule has 2 heterocycles. The number of nitrogens with one attached hydrogen (secondary N) is 1. The molecule has 7 nitrogen and oxygen atoms in total. The van der Waals surface area contributed by atoms with Gasteiger partial charge in [0.25, 0.3) is 11.8 Å². The second-order valence-electron chi connectivity index (χ2n) is 10.4. The van der Waals surface area contributed by atoms with Crippen molar-refractivity contribution in [3.63, 3.8) is 0 Å². The summed E-state index contributed by atoms with van der Waals surface area (Å²) < 4.78 is 11.4. The third kappa shape index (κ3) is 5.47. The maximum atomic E-state index is 14.0. The van der Waals surface area contributed by atoms with Gasteiger partial charge in [-0.3, -0.25) is 14.5 Å². The lowest BCUT2D eigenvalue weighted by Crippen LogP contribution is -2.47. The number of carbonyl (C=O) groups excluding carboxylic acids is 2. The average molecular weight is 580 g/mol. The number of benzene rings is 4. The Morgan fingerprint density at radius 1 is 0.881 bits per heavy atom. The van der Waals surface area contributed by atoms with E-state index < -0.39 is 0 Å². The Bertz CT molecular complexity index is 1590. The van der Waals surface area contributed by atoms with Gasteiger partial charge < -0.3 is 19.7 Å². The van der Waals surface area contributed by atoms with Crippen molar-refractivity contribution in [1.29, 1.82) is 0 Å². The number of ether oxygens (including phenoxy) is 2. The van der Waals surface area contributed by atoms with Gasteiger partial charge in [0, 0.05) is 59.6 Å². The number of hydrogen-bond donors (Lipinski definition) is 1. The lowest BCUT2D eigenvalue weighted by Gasteiger charge is -2.35. The molecule has 4 aromatic carbocycles. The second kappa shape index (κ2) is 12.3. The predicted molar refractivity (Wildman–Crippen MR) is 169 cm³/mol. The van der Waals surface area contributed by atoms with E-state index in [-0.39, 0.29) is 17.9 Å². The molecule has 0 spiro atoms. The number of carbonyl (C=O) groups is 2. The quantitative estimate of drug-likeness (QED) is 0.293. The molecule has 1 atom stereocenters. The van der Waals surface area contributed by atoms with Gasteiger partial charge in [0.05, 0.1) is 19.9 Å². The lowest BCUT2D eigenvalue weighted by molar-refractivity contribution is 0.0978. The van der Waals surface area contributed by atoms with Crippen LogP contribution in [0.25, 0.3) is 11.1 Å². The summed E-state index contributed by atoms with van der Waals surface area (Å²) in [5, 5.41) is 3.00. The minimum absolute atomic E-state index is 0.0896. The molecule has 2 aliphatic heterocycles. The number of hydrogen-bond acceptors (Lipinski definition) is 6. The second-order valence-corrected chi connectivity index (χ2v) is 11.5. The molecule has 1 unspecified atom stereocenters. The summed E-state index contributed by atoms with van der Waals surface area (Å²) >= 11 is 1.93. The van der Waals surface area contributed by atoms with Gasteiger partial charge >= 0.3 is 0 Å². The molecule has 6 rings (SSSR count). The summed E-state index contributed by atoms with van der Waals surface area (Å²) in [6, 6.07) is 28.6. The molecular formula is C34H33N3O4S. The number of amides is 2. The standard InChI is InChI=1S/C34H33N3O4S/c1-40-31-17-16-30-29(32(31)41-2)21-36-18-19-42-22-26(36)20-37(30)34(39)24-12-14-25(15-13-24)35-33(38)28-11-7-6-10-27(28)23-8-4-3-5-9-23/h3-17,26H,18-22H2,1-2H3,(H,35,38). The molecule has 214 valence electrons. The van der Waals surface area contributed by atoms with Gasteiger partial charge in [-0.15, -0.1) is 0 Å². The fourth-order valence-corrected chi connectivity index (χ4v) is 6.88. The van der Waals surface area contributed by atoms with Gasteiger partial charge in [0.2, 0.25) is 0 Å². The number of nitrogens with zero attached hydrogens (tertiary/aromatic N) is 2. The first-order valence-electron chi connectivity index (χ1n) is 14.0. The monoisotopic (exact) mass is 579 g/mol. The van der Waals surface area contributed by atoms with E-state index in [1.165, 1.54) is 0 Å². The maximum absolute atomic E-state index is 14.0. The molecule has 0 radical (unpaired) electrons. The van der Waals surface area contributed by atoms with Crippen LogP contribution in [0.4, 0.5) is 11.4 Å². The Kier molecular flexibility index (Phi) is 8.17. The van der Waals surface area contributed by atoms with E-state index in [1.54, 1.807) is 38.5 Å². The number of methoxy groups -OCH3 is 2. The van der Waals surface area contributed by atoms with Crippen molar-refractivity contribution in [2.45, 2.75) is 12.6 Å². The first-order valence-corrected chi connectivity index (χ1v) is 15.2. The number of fused-ring (bicyclic) bond motifs is 2. The van der Waals surface area contributed by atoms with E-state index >= 15 is 0 Å². The average Bonchev–Trinajstić information content (AvgIpc) is 3.21. The summed E-state index contributed by atoms with van der Waals surface area (Å²) in [5.41, 5.74) is 5.40. The Morgan fingerprint density at radius 2 is 1.64 bits per heavy atom. The minimum Gasteiger partial charge on any atom is -0.493 e. The molecule has 1 N–H and O–H groups in total. The molecule has 1 fully saturated rings. The fraction of sp³-hybridized carbons (Fsp3) is 0.235. The van der Waals surface area contributed by atoms with Crippen LogP contribution in [0.5, 0.6) is 11.5 Å². The Balaban J connectivity index is 1.26. The molecule has 42 heavy (non-hydrogen) atoms. The van der Waals surface area contributed by atoms with E-state index in [0.29, 0.717) is 41.4 Å².